The van der Waals surface area contributed by atoms with Crippen LogP contribution in [0.4, 0.5) is 0 Å². The van der Waals surface area contributed by atoms with Crippen molar-refractivity contribution in [3.63, 3.8) is 0 Å². The van der Waals surface area contributed by atoms with Crippen molar-refractivity contribution >= 4 is 17.6 Å². The third kappa shape index (κ3) is 15.9. The van der Waals surface area contributed by atoms with E-state index >= 15 is 0 Å². The molecule has 0 rings (SSSR count). The average Bonchev–Trinajstić information content (AvgIpc) is 2.33. The summed E-state index contributed by atoms with van der Waals surface area (Å²) >= 11 is 0. The maximum atomic E-state index is 6.83. The van der Waals surface area contributed by atoms with Gasteiger partial charge in [0.25, 0.3) is 0 Å². The smallest absolute Gasteiger partial charge is 0.368 e. The Morgan fingerprint density at radius 2 is 0.600 bits per heavy atom. The minimum absolute atomic E-state index is 0.154. The summed E-state index contributed by atoms with van der Waals surface area (Å²) in [6.07, 6.45) is 0. The largest absolute Gasteiger partial charge is 0.505 e. The second-order valence-corrected chi connectivity index (χ2v) is 20.9. The monoisotopic (exact) mass is 536 g/mol. The molecule has 0 amide bonds. The summed E-state index contributed by atoms with van der Waals surface area (Å²) in [5.41, 5.74) is -2.96. The molecule has 0 aromatic rings. The highest BCUT2D eigenvalue weighted by molar-refractivity contribution is 6.68. The molecule has 0 heterocycles. The van der Waals surface area contributed by atoms with Crippen molar-refractivity contribution in [3.05, 3.63) is 0 Å². The molecule has 0 fully saturated rings. The van der Waals surface area contributed by atoms with Gasteiger partial charge in [-0.25, -0.2) is 0 Å². The molecule has 0 aromatic carbocycles. The van der Waals surface area contributed by atoms with E-state index in [1.165, 1.54) is 0 Å². The van der Waals surface area contributed by atoms with E-state index in [2.05, 4.69) is 6.92 Å². The maximum absolute atomic E-state index is 6.83. The van der Waals surface area contributed by atoms with Gasteiger partial charge in [0.1, 0.15) is 0 Å². The molecule has 0 spiro atoms. The predicted molar refractivity (Wildman–Crippen MR) is 151 cm³/mol. The first kappa shape index (κ1) is 35.2. The molecular formula is C27H60O6Si2. The first-order chi connectivity index (χ1) is 14.9. The van der Waals surface area contributed by atoms with Crippen molar-refractivity contribution in [2.45, 2.75) is 177 Å². The zero-order chi connectivity index (χ0) is 28.5. The molecule has 1 unspecified atom stereocenters. The first-order valence-electron chi connectivity index (χ1n) is 13.1. The van der Waals surface area contributed by atoms with Crippen LogP contribution < -0.4 is 0 Å². The summed E-state index contributed by atoms with van der Waals surface area (Å²) in [4.78, 5) is 0. The van der Waals surface area contributed by atoms with Crippen molar-refractivity contribution < 1.29 is 26.6 Å². The topological polar surface area (TPSA) is 55.4 Å². The fourth-order valence-corrected chi connectivity index (χ4v) is 12.7. The second kappa shape index (κ2) is 11.1. The van der Waals surface area contributed by atoms with E-state index in [1.807, 2.05) is 125 Å². The van der Waals surface area contributed by atoms with Crippen LogP contribution >= 0.6 is 0 Å². The second-order valence-electron chi connectivity index (χ2n) is 15.7. The highest BCUT2D eigenvalue weighted by Crippen LogP contribution is 2.44. The number of rotatable bonds is 9. The highest BCUT2D eigenvalue weighted by Gasteiger charge is 2.60. The third-order valence-electron chi connectivity index (χ3n) is 3.89. The van der Waals surface area contributed by atoms with Crippen LogP contribution in [-0.4, -0.2) is 51.2 Å². The lowest BCUT2D eigenvalue weighted by molar-refractivity contribution is -0.0902. The fourth-order valence-electron chi connectivity index (χ4n) is 3.73. The number of hydrogen-bond acceptors (Lipinski definition) is 6. The van der Waals surface area contributed by atoms with Crippen LogP contribution in [0.25, 0.3) is 0 Å². The molecule has 6 nitrogen and oxygen atoms in total. The molecule has 0 saturated carbocycles. The zero-order valence-corrected chi connectivity index (χ0v) is 28.7. The van der Waals surface area contributed by atoms with Crippen molar-refractivity contribution in [2.24, 2.45) is 0 Å². The van der Waals surface area contributed by atoms with Crippen molar-refractivity contribution in [3.8, 4) is 0 Å². The van der Waals surface area contributed by atoms with Gasteiger partial charge in [0.05, 0.1) is 33.6 Å². The number of hydrogen-bond donors (Lipinski definition) is 0. The molecule has 212 valence electrons. The van der Waals surface area contributed by atoms with Gasteiger partial charge >= 0.3 is 17.6 Å². The van der Waals surface area contributed by atoms with E-state index in [0.29, 0.717) is 6.04 Å². The van der Waals surface area contributed by atoms with E-state index in [1.54, 1.807) is 0 Å². The van der Waals surface area contributed by atoms with Crippen LogP contribution in [0.15, 0.2) is 0 Å². The zero-order valence-electron chi connectivity index (χ0n) is 26.7. The van der Waals surface area contributed by atoms with Crippen LogP contribution in [0.5, 0.6) is 0 Å². The molecule has 35 heavy (non-hydrogen) atoms. The van der Waals surface area contributed by atoms with Gasteiger partial charge in [-0.15, -0.1) is 0 Å². The van der Waals surface area contributed by atoms with Crippen molar-refractivity contribution in [1.82, 2.24) is 0 Å². The minimum atomic E-state index is -3.35. The summed E-state index contributed by atoms with van der Waals surface area (Å²) in [5, 5.41) is 0. The summed E-state index contributed by atoms with van der Waals surface area (Å²) in [7, 11) is -6.65. The Morgan fingerprint density at radius 1 is 0.400 bits per heavy atom. The van der Waals surface area contributed by atoms with Gasteiger partial charge in [0.15, 0.2) is 0 Å². The molecule has 0 saturated heterocycles. The Bertz CT molecular complexity index is 571. The molecule has 0 aliphatic heterocycles. The molecule has 0 radical (unpaired) electrons. The van der Waals surface area contributed by atoms with E-state index in [-0.39, 0.29) is 5.54 Å². The highest BCUT2D eigenvalue weighted by atomic mass is 28.4. The lowest BCUT2D eigenvalue weighted by Crippen LogP contribution is -2.63. The molecule has 0 aromatic heterocycles. The molecule has 0 bridgehead atoms. The Kier molecular flexibility index (Phi) is 11.2. The third-order valence-corrected chi connectivity index (χ3v) is 12.3. The van der Waals surface area contributed by atoms with E-state index < -0.39 is 51.2 Å². The lowest BCUT2D eigenvalue weighted by atomic mass is 10.2. The normalized spacial score (nSPS) is 16.5. The standard InChI is InChI=1S/C27H60O6Si2/c1-21(35(31-25(11,12)13,32-26(14,15)16)33-27(17,18)19)20-34(28-22(2,3)4,29-23(5,6)7)30-24(8,9)10/h21H,20H2,1-19H3. The van der Waals surface area contributed by atoms with Gasteiger partial charge in [0, 0.05) is 11.6 Å². The van der Waals surface area contributed by atoms with E-state index in [4.69, 9.17) is 26.6 Å². The molecule has 0 N–H and O–H groups in total. The van der Waals surface area contributed by atoms with Crippen LogP contribution in [0, 0.1) is 0 Å². The Morgan fingerprint density at radius 3 is 0.771 bits per heavy atom. The van der Waals surface area contributed by atoms with Gasteiger partial charge in [0.2, 0.25) is 0 Å². The average molecular weight is 537 g/mol. The Labute approximate surface area is 220 Å². The van der Waals surface area contributed by atoms with Crippen LogP contribution in [0.2, 0.25) is 11.6 Å². The summed E-state index contributed by atoms with van der Waals surface area (Å²) < 4.78 is 40.8. The summed E-state index contributed by atoms with van der Waals surface area (Å²) in [6.45, 7) is 39.0. The summed E-state index contributed by atoms with van der Waals surface area (Å²) in [6, 6.07) is 0.507. The van der Waals surface area contributed by atoms with Gasteiger partial charge in [-0.1, -0.05) is 6.92 Å². The van der Waals surface area contributed by atoms with Gasteiger partial charge in [-0.05, 0) is 125 Å². The van der Waals surface area contributed by atoms with Crippen molar-refractivity contribution in [2.75, 3.05) is 0 Å². The van der Waals surface area contributed by atoms with E-state index in [0.717, 1.165) is 0 Å². The summed E-state index contributed by atoms with van der Waals surface area (Å²) in [5.74, 6) is 0. The van der Waals surface area contributed by atoms with Gasteiger partial charge < -0.3 is 26.6 Å². The van der Waals surface area contributed by atoms with Crippen molar-refractivity contribution in [1.29, 1.82) is 0 Å². The Hall–Kier alpha value is 0.194. The minimum Gasteiger partial charge on any atom is -0.368 e. The molecule has 8 heteroatoms. The predicted octanol–water partition coefficient (Wildman–Crippen LogP) is 8.14. The molecule has 0 aliphatic carbocycles. The Balaban J connectivity index is 6.97. The molecule has 1 atom stereocenters. The maximum Gasteiger partial charge on any atom is 0.505 e. The fraction of sp³-hybridized carbons (Fsp3) is 1.00. The SMILES string of the molecule is CC(C[Si](OC(C)(C)C)(OC(C)(C)C)OC(C)(C)C)[Si](OC(C)(C)C)(OC(C)(C)C)OC(C)(C)C. The first-order valence-corrected chi connectivity index (χ1v) is 16.8. The molecule has 0 aliphatic rings. The van der Waals surface area contributed by atoms with Gasteiger partial charge in [-0.3, -0.25) is 0 Å². The quantitative estimate of drug-likeness (QED) is 0.277. The lowest BCUT2D eigenvalue weighted by Gasteiger charge is -2.48. The van der Waals surface area contributed by atoms with E-state index in [9.17, 15) is 0 Å². The van der Waals surface area contributed by atoms with Crippen LogP contribution in [0.3, 0.4) is 0 Å². The van der Waals surface area contributed by atoms with Crippen LogP contribution in [-0.2, 0) is 26.6 Å². The van der Waals surface area contributed by atoms with Gasteiger partial charge in [-0.2, -0.15) is 0 Å². The van der Waals surface area contributed by atoms with Crippen LogP contribution in [0.1, 0.15) is 132 Å². The molecular weight excluding hydrogens is 476 g/mol.